The van der Waals surface area contributed by atoms with Gasteiger partial charge in [-0.2, -0.15) is 13.2 Å². The Bertz CT molecular complexity index is 747. The van der Waals surface area contributed by atoms with E-state index in [0.717, 1.165) is 12.1 Å². The number of nitrogens with one attached hydrogen (secondary N) is 1. The van der Waals surface area contributed by atoms with E-state index in [2.05, 4.69) is 5.32 Å². The lowest BCUT2D eigenvalue weighted by molar-refractivity contribution is -0.137. The van der Waals surface area contributed by atoms with Crippen molar-refractivity contribution in [2.24, 2.45) is 0 Å². The molecular formula is C17H16F3NO4. The summed E-state index contributed by atoms with van der Waals surface area (Å²) in [4.78, 5) is 11.9. The number of aliphatic hydroxyl groups is 1. The van der Waals surface area contributed by atoms with Gasteiger partial charge in [-0.25, -0.2) is 0 Å². The van der Waals surface area contributed by atoms with E-state index in [1.165, 1.54) is 31.4 Å². The third-order valence-corrected chi connectivity index (χ3v) is 3.28. The Morgan fingerprint density at radius 1 is 1.16 bits per heavy atom. The molecule has 1 amide bonds. The van der Waals surface area contributed by atoms with Gasteiger partial charge in [0.2, 0.25) is 0 Å². The van der Waals surface area contributed by atoms with Crippen molar-refractivity contribution in [3.63, 3.8) is 0 Å². The predicted octanol–water partition coefficient (Wildman–Crippen LogP) is 3.22. The van der Waals surface area contributed by atoms with Crippen LogP contribution >= 0.6 is 0 Å². The molecule has 0 saturated heterocycles. The van der Waals surface area contributed by atoms with Gasteiger partial charge in [0.1, 0.15) is 0 Å². The van der Waals surface area contributed by atoms with Crippen LogP contribution in [-0.2, 0) is 17.6 Å². The molecule has 0 spiro atoms. The van der Waals surface area contributed by atoms with Gasteiger partial charge >= 0.3 is 6.18 Å². The Morgan fingerprint density at radius 3 is 2.52 bits per heavy atom. The number of carbonyl (C=O) groups excluding carboxylic acids is 1. The first-order chi connectivity index (χ1) is 11.8. The number of alkyl halides is 3. The van der Waals surface area contributed by atoms with Crippen molar-refractivity contribution in [3.05, 3.63) is 53.6 Å². The van der Waals surface area contributed by atoms with Crippen molar-refractivity contribution in [2.75, 3.05) is 19.0 Å². The largest absolute Gasteiger partial charge is 0.493 e. The summed E-state index contributed by atoms with van der Waals surface area (Å²) in [5, 5.41) is 11.3. The van der Waals surface area contributed by atoms with Crippen LogP contribution in [0.15, 0.2) is 42.5 Å². The molecule has 8 heteroatoms. The summed E-state index contributed by atoms with van der Waals surface area (Å²) in [7, 11) is 1.39. The maximum Gasteiger partial charge on any atom is 0.418 e. The quantitative estimate of drug-likeness (QED) is 0.835. The van der Waals surface area contributed by atoms with E-state index < -0.39 is 24.3 Å². The number of hydrogen-bond donors (Lipinski definition) is 2. The van der Waals surface area contributed by atoms with Crippen LogP contribution in [0.3, 0.4) is 0 Å². The molecule has 0 heterocycles. The summed E-state index contributed by atoms with van der Waals surface area (Å²) >= 11 is 0. The Kier molecular flexibility index (Phi) is 5.87. The summed E-state index contributed by atoms with van der Waals surface area (Å²) in [5.74, 6) is -0.209. The number of rotatable bonds is 6. The van der Waals surface area contributed by atoms with Crippen LogP contribution in [0.5, 0.6) is 11.5 Å². The van der Waals surface area contributed by atoms with E-state index in [-0.39, 0.29) is 18.0 Å². The first-order valence-electron chi connectivity index (χ1n) is 7.21. The molecule has 25 heavy (non-hydrogen) atoms. The molecule has 0 radical (unpaired) electrons. The number of amides is 1. The topological polar surface area (TPSA) is 67.8 Å². The lowest BCUT2D eigenvalue weighted by atomic mass is 10.1. The average molecular weight is 355 g/mol. The van der Waals surface area contributed by atoms with E-state index in [1.54, 1.807) is 6.07 Å². The van der Waals surface area contributed by atoms with Crippen molar-refractivity contribution in [2.45, 2.75) is 12.8 Å². The molecule has 2 rings (SSSR count). The Hall–Kier alpha value is -2.74. The standard InChI is InChI=1S/C17H16F3NO4/c1-24-15-8-11(9-22)6-7-14(15)25-10-16(23)21-13-5-3-2-4-12(13)17(18,19)20/h2-8,22H,9-10H2,1H3,(H,21,23). The molecule has 0 fully saturated rings. The minimum Gasteiger partial charge on any atom is -0.493 e. The molecular weight excluding hydrogens is 339 g/mol. The summed E-state index contributed by atoms with van der Waals surface area (Å²) in [6.45, 7) is -0.688. The van der Waals surface area contributed by atoms with E-state index in [4.69, 9.17) is 14.6 Å². The van der Waals surface area contributed by atoms with Gasteiger partial charge in [0.15, 0.2) is 18.1 Å². The number of benzene rings is 2. The molecule has 0 bridgehead atoms. The molecule has 2 N–H and O–H groups in total. The van der Waals surface area contributed by atoms with Crippen LogP contribution in [0.25, 0.3) is 0 Å². The predicted molar refractivity (Wildman–Crippen MR) is 84.5 cm³/mol. The summed E-state index contributed by atoms with van der Waals surface area (Å²) < 4.78 is 49.1. The van der Waals surface area contributed by atoms with E-state index >= 15 is 0 Å². The fourth-order valence-electron chi connectivity index (χ4n) is 2.10. The molecule has 0 aliphatic carbocycles. The fraction of sp³-hybridized carbons (Fsp3) is 0.235. The zero-order valence-electron chi connectivity index (χ0n) is 13.3. The molecule has 134 valence electrons. The lowest BCUT2D eigenvalue weighted by Gasteiger charge is -2.14. The van der Waals surface area contributed by atoms with Gasteiger partial charge in [-0.15, -0.1) is 0 Å². The highest BCUT2D eigenvalue weighted by atomic mass is 19.4. The Labute approximate surface area is 142 Å². The van der Waals surface area contributed by atoms with Gasteiger partial charge in [-0.1, -0.05) is 18.2 Å². The normalized spacial score (nSPS) is 11.1. The second-order valence-electron chi connectivity index (χ2n) is 5.02. The molecule has 0 atom stereocenters. The highest BCUT2D eigenvalue weighted by Gasteiger charge is 2.33. The van der Waals surface area contributed by atoms with Gasteiger partial charge in [0.05, 0.1) is 25.0 Å². The van der Waals surface area contributed by atoms with Gasteiger partial charge < -0.3 is 19.9 Å². The van der Waals surface area contributed by atoms with Crippen LogP contribution < -0.4 is 14.8 Å². The number of aliphatic hydroxyl groups excluding tert-OH is 1. The maximum atomic E-state index is 12.9. The zero-order valence-corrected chi connectivity index (χ0v) is 13.3. The molecule has 0 saturated carbocycles. The number of anilines is 1. The molecule has 0 unspecified atom stereocenters. The van der Waals surface area contributed by atoms with E-state index in [9.17, 15) is 18.0 Å². The lowest BCUT2D eigenvalue weighted by Crippen LogP contribution is -2.22. The third-order valence-electron chi connectivity index (χ3n) is 3.28. The first kappa shape index (κ1) is 18.6. The second kappa shape index (κ2) is 7.89. The van der Waals surface area contributed by atoms with Crippen molar-refractivity contribution >= 4 is 11.6 Å². The molecule has 0 aliphatic heterocycles. The van der Waals surface area contributed by atoms with Crippen LogP contribution in [0, 0.1) is 0 Å². The number of carbonyl (C=O) groups is 1. The minimum atomic E-state index is -4.58. The van der Waals surface area contributed by atoms with E-state index in [1.807, 2.05) is 0 Å². The van der Waals surface area contributed by atoms with E-state index in [0.29, 0.717) is 11.3 Å². The van der Waals surface area contributed by atoms with Crippen LogP contribution in [0.4, 0.5) is 18.9 Å². The highest BCUT2D eigenvalue weighted by Crippen LogP contribution is 2.34. The summed E-state index contributed by atoms with van der Waals surface area (Å²) in [5.41, 5.74) is -0.688. The zero-order chi connectivity index (χ0) is 18.4. The number of ether oxygens (including phenoxy) is 2. The first-order valence-corrected chi connectivity index (χ1v) is 7.21. The van der Waals surface area contributed by atoms with Crippen LogP contribution in [0.1, 0.15) is 11.1 Å². The number of hydrogen-bond acceptors (Lipinski definition) is 4. The third kappa shape index (κ3) is 4.87. The number of halogens is 3. The van der Waals surface area contributed by atoms with Crippen molar-refractivity contribution in [1.82, 2.24) is 0 Å². The Balaban J connectivity index is 2.05. The Morgan fingerprint density at radius 2 is 1.88 bits per heavy atom. The monoisotopic (exact) mass is 355 g/mol. The highest BCUT2D eigenvalue weighted by molar-refractivity contribution is 5.92. The van der Waals surface area contributed by atoms with Crippen LogP contribution in [-0.4, -0.2) is 24.7 Å². The minimum absolute atomic E-state index is 0.189. The maximum absolute atomic E-state index is 12.9. The molecule has 2 aromatic rings. The van der Waals surface area contributed by atoms with Crippen molar-refractivity contribution in [1.29, 1.82) is 0 Å². The molecule has 2 aromatic carbocycles. The SMILES string of the molecule is COc1cc(CO)ccc1OCC(=O)Nc1ccccc1C(F)(F)F. The molecule has 5 nitrogen and oxygen atoms in total. The summed E-state index contributed by atoms with van der Waals surface area (Å²) in [6, 6.07) is 9.29. The van der Waals surface area contributed by atoms with Gasteiger partial charge in [0, 0.05) is 0 Å². The van der Waals surface area contributed by atoms with Gasteiger partial charge in [-0.05, 0) is 29.8 Å². The van der Waals surface area contributed by atoms with Crippen molar-refractivity contribution in [3.8, 4) is 11.5 Å². The van der Waals surface area contributed by atoms with Gasteiger partial charge in [0.25, 0.3) is 5.91 Å². The summed E-state index contributed by atoms with van der Waals surface area (Å²) in [6.07, 6.45) is -4.58. The smallest absolute Gasteiger partial charge is 0.418 e. The molecule has 0 aromatic heterocycles. The fourth-order valence-corrected chi connectivity index (χ4v) is 2.10. The second-order valence-corrected chi connectivity index (χ2v) is 5.02. The van der Waals surface area contributed by atoms with Gasteiger partial charge in [-0.3, -0.25) is 4.79 Å². The average Bonchev–Trinajstić information content (AvgIpc) is 2.59. The number of para-hydroxylation sites is 1. The number of methoxy groups -OCH3 is 1. The van der Waals surface area contributed by atoms with Crippen LogP contribution in [0.2, 0.25) is 0 Å². The van der Waals surface area contributed by atoms with Crippen molar-refractivity contribution < 1.29 is 32.5 Å². The molecule has 0 aliphatic rings.